The van der Waals surface area contributed by atoms with Crippen LogP contribution in [0.1, 0.15) is 32.2 Å². The van der Waals surface area contributed by atoms with Crippen molar-refractivity contribution in [2.75, 3.05) is 0 Å². The summed E-state index contributed by atoms with van der Waals surface area (Å²) in [6, 6.07) is 3.12. The quantitative estimate of drug-likeness (QED) is 0.826. The number of carboxylic acid groups (broad SMARTS) is 1. The van der Waals surface area contributed by atoms with Crippen LogP contribution in [-0.4, -0.2) is 33.5 Å². The summed E-state index contributed by atoms with van der Waals surface area (Å²) in [4.78, 5) is 31.5. The number of pyridine rings is 1. The first-order valence-electron chi connectivity index (χ1n) is 6.54. The summed E-state index contributed by atoms with van der Waals surface area (Å²) in [5.74, 6) is 0.0250. The standard InChI is InChI=1S/C14H17N3O4/c1-7(2)14(4)12(18)16-11(17-14)10-9(21-13(19)20)6-5-8(3)15-10/h5-7H,1-4H3,(H,19,20)(H,16,17,18). The normalized spacial score (nSPS) is 21.2. The van der Waals surface area contributed by atoms with Gasteiger partial charge in [-0.1, -0.05) is 13.8 Å². The number of nitrogens with zero attached hydrogens (tertiary/aromatic N) is 2. The fraction of sp³-hybridized carbons (Fsp3) is 0.429. The van der Waals surface area contributed by atoms with E-state index >= 15 is 0 Å². The van der Waals surface area contributed by atoms with E-state index in [9.17, 15) is 9.59 Å². The fourth-order valence-electron chi connectivity index (χ4n) is 1.94. The van der Waals surface area contributed by atoms with Crippen LogP contribution in [0.5, 0.6) is 5.75 Å². The van der Waals surface area contributed by atoms with Gasteiger partial charge < -0.3 is 15.2 Å². The van der Waals surface area contributed by atoms with Gasteiger partial charge in [0.15, 0.2) is 11.6 Å². The maximum absolute atomic E-state index is 12.1. The lowest BCUT2D eigenvalue weighted by atomic mass is 9.89. The third-order valence-electron chi connectivity index (χ3n) is 3.58. The summed E-state index contributed by atoms with van der Waals surface area (Å²) in [6.45, 7) is 7.27. The first-order chi connectivity index (χ1) is 9.74. The minimum Gasteiger partial charge on any atom is -0.449 e. The van der Waals surface area contributed by atoms with Gasteiger partial charge in [0.05, 0.1) is 0 Å². The van der Waals surface area contributed by atoms with E-state index in [0.717, 1.165) is 0 Å². The average Bonchev–Trinajstić information content (AvgIpc) is 2.69. The van der Waals surface area contributed by atoms with Crippen molar-refractivity contribution < 1.29 is 19.4 Å². The van der Waals surface area contributed by atoms with Gasteiger partial charge in [0.1, 0.15) is 11.2 Å². The number of hydrogen-bond acceptors (Lipinski definition) is 5. The number of rotatable bonds is 3. The summed E-state index contributed by atoms with van der Waals surface area (Å²) in [5.41, 5.74) is -0.0192. The number of amides is 1. The SMILES string of the molecule is Cc1ccc(OC(=O)O)c(C2=NC(C)(C(C)C)C(=O)N2)n1. The summed E-state index contributed by atoms with van der Waals surface area (Å²) < 4.78 is 4.70. The van der Waals surface area contributed by atoms with Gasteiger partial charge in [-0.25, -0.2) is 14.8 Å². The topological polar surface area (TPSA) is 101 Å². The highest BCUT2D eigenvalue weighted by Gasteiger charge is 2.43. The first-order valence-corrected chi connectivity index (χ1v) is 6.54. The molecule has 0 saturated heterocycles. The second-order valence-electron chi connectivity index (χ2n) is 5.38. The Hall–Kier alpha value is -2.44. The van der Waals surface area contributed by atoms with Crippen molar-refractivity contribution in [1.29, 1.82) is 0 Å². The van der Waals surface area contributed by atoms with Crippen LogP contribution >= 0.6 is 0 Å². The van der Waals surface area contributed by atoms with Gasteiger partial charge in [0, 0.05) is 5.69 Å². The highest BCUT2D eigenvalue weighted by atomic mass is 16.7. The van der Waals surface area contributed by atoms with E-state index in [1.54, 1.807) is 19.9 Å². The molecule has 1 aromatic rings. The maximum Gasteiger partial charge on any atom is 0.511 e. The molecule has 1 atom stereocenters. The van der Waals surface area contributed by atoms with Gasteiger partial charge in [-0.3, -0.25) is 4.79 Å². The molecule has 1 aromatic heterocycles. The van der Waals surface area contributed by atoms with Crippen molar-refractivity contribution >= 4 is 17.9 Å². The van der Waals surface area contributed by atoms with E-state index in [1.807, 2.05) is 13.8 Å². The molecule has 1 unspecified atom stereocenters. The van der Waals surface area contributed by atoms with Gasteiger partial charge in [-0.05, 0) is 31.9 Å². The van der Waals surface area contributed by atoms with Gasteiger partial charge in [-0.15, -0.1) is 0 Å². The highest BCUT2D eigenvalue weighted by Crippen LogP contribution is 2.28. The van der Waals surface area contributed by atoms with Crippen LogP contribution in [-0.2, 0) is 4.79 Å². The Morgan fingerprint density at radius 2 is 2.10 bits per heavy atom. The first kappa shape index (κ1) is 15.0. The molecule has 0 radical (unpaired) electrons. The fourth-order valence-corrected chi connectivity index (χ4v) is 1.94. The molecule has 0 fully saturated rings. The van der Waals surface area contributed by atoms with Crippen molar-refractivity contribution in [3.05, 3.63) is 23.5 Å². The van der Waals surface area contributed by atoms with Gasteiger partial charge >= 0.3 is 6.16 Å². The minimum atomic E-state index is -1.45. The summed E-state index contributed by atoms with van der Waals surface area (Å²) in [5, 5.41) is 11.4. The summed E-state index contributed by atoms with van der Waals surface area (Å²) in [6.07, 6.45) is -1.45. The molecule has 7 nitrogen and oxygen atoms in total. The predicted molar refractivity (Wildman–Crippen MR) is 75.5 cm³/mol. The zero-order chi connectivity index (χ0) is 15.8. The van der Waals surface area contributed by atoms with Crippen LogP contribution in [0, 0.1) is 12.8 Å². The molecule has 2 rings (SSSR count). The van der Waals surface area contributed by atoms with Gasteiger partial charge in [0.25, 0.3) is 5.91 Å². The molecule has 112 valence electrons. The number of hydrogen-bond donors (Lipinski definition) is 2. The Balaban J connectivity index is 2.50. The molecule has 1 aliphatic rings. The second kappa shape index (κ2) is 5.16. The van der Waals surface area contributed by atoms with Crippen molar-refractivity contribution in [2.45, 2.75) is 33.2 Å². The van der Waals surface area contributed by atoms with Crippen LogP contribution in [0.25, 0.3) is 0 Å². The second-order valence-corrected chi connectivity index (χ2v) is 5.38. The Morgan fingerprint density at radius 1 is 1.43 bits per heavy atom. The lowest BCUT2D eigenvalue weighted by Crippen LogP contribution is -2.41. The molecule has 0 bridgehead atoms. The lowest BCUT2D eigenvalue weighted by molar-refractivity contribution is -0.124. The van der Waals surface area contributed by atoms with Crippen LogP contribution in [0.15, 0.2) is 17.1 Å². The third kappa shape index (κ3) is 2.72. The smallest absolute Gasteiger partial charge is 0.449 e. The van der Waals surface area contributed by atoms with E-state index < -0.39 is 11.7 Å². The molecule has 1 aliphatic heterocycles. The van der Waals surface area contributed by atoms with E-state index in [-0.39, 0.29) is 29.1 Å². The number of aryl methyl sites for hydroxylation is 1. The number of carbonyl (C=O) groups is 2. The van der Waals surface area contributed by atoms with E-state index in [0.29, 0.717) is 5.69 Å². The molecular formula is C14H17N3O4. The van der Waals surface area contributed by atoms with Crippen LogP contribution in [0.4, 0.5) is 4.79 Å². The van der Waals surface area contributed by atoms with Crippen LogP contribution in [0.2, 0.25) is 0 Å². The Morgan fingerprint density at radius 3 is 2.62 bits per heavy atom. The third-order valence-corrected chi connectivity index (χ3v) is 3.58. The molecule has 0 aromatic carbocycles. The minimum absolute atomic E-state index is 0.0105. The zero-order valence-electron chi connectivity index (χ0n) is 12.3. The number of carbonyl (C=O) groups excluding carboxylic acids is 1. The van der Waals surface area contributed by atoms with Crippen molar-refractivity contribution in [1.82, 2.24) is 10.3 Å². The van der Waals surface area contributed by atoms with Crippen LogP contribution < -0.4 is 10.1 Å². The van der Waals surface area contributed by atoms with Crippen molar-refractivity contribution in [2.24, 2.45) is 10.9 Å². The molecule has 7 heteroatoms. The number of aromatic nitrogens is 1. The van der Waals surface area contributed by atoms with E-state index in [1.165, 1.54) is 6.07 Å². The molecule has 2 heterocycles. The number of ether oxygens (including phenoxy) is 1. The lowest BCUT2D eigenvalue weighted by Gasteiger charge is -2.21. The zero-order valence-corrected chi connectivity index (χ0v) is 12.3. The van der Waals surface area contributed by atoms with E-state index in [2.05, 4.69) is 15.3 Å². The molecule has 0 spiro atoms. The predicted octanol–water partition coefficient (Wildman–Crippen LogP) is 1.74. The van der Waals surface area contributed by atoms with Crippen molar-refractivity contribution in [3.8, 4) is 5.75 Å². The highest BCUT2D eigenvalue weighted by molar-refractivity contribution is 6.15. The summed E-state index contributed by atoms with van der Waals surface area (Å²) >= 11 is 0. The Kier molecular flexibility index (Phi) is 3.67. The monoisotopic (exact) mass is 291 g/mol. The summed E-state index contributed by atoms with van der Waals surface area (Å²) in [7, 11) is 0. The average molecular weight is 291 g/mol. The largest absolute Gasteiger partial charge is 0.511 e. The molecule has 1 amide bonds. The molecule has 2 N–H and O–H groups in total. The van der Waals surface area contributed by atoms with Gasteiger partial charge in [-0.2, -0.15) is 0 Å². The Labute approximate surface area is 122 Å². The molecular weight excluding hydrogens is 274 g/mol. The molecule has 21 heavy (non-hydrogen) atoms. The number of amidine groups is 1. The van der Waals surface area contributed by atoms with Gasteiger partial charge in [0.2, 0.25) is 0 Å². The van der Waals surface area contributed by atoms with Crippen LogP contribution in [0.3, 0.4) is 0 Å². The number of aliphatic imine (C=N–C) groups is 1. The number of nitrogens with one attached hydrogen (secondary N) is 1. The molecule has 0 aliphatic carbocycles. The maximum atomic E-state index is 12.1. The van der Waals surface area contributed by atoms with Crippen molar-refractivity contribution in [3.63, 3.8) is 0 Å². The van der Waals surface area contributed by atoms with E-state index in [4.69, 9.17) is 9.84 Å². The molecule has 0 saturated carbocycles. The Bertz CT molecular complexity index is 639.